The van der Waals surface area contributed by atoms with Crippen LogP contribution >= 0.6 is 15.9 Å². The second-order valence-electron chi connectivity index (χ2n) is 4.19. The third kappa shape index (κ3) is 2.27. The zero-order valence-electron chi connectivity index (χ0n) is 9.37. The van der Waals surface area contributed by atoms with Gasteiger partial charge in [-0.1, -0.05) is 31.2 Å². The smallest absolute Gasteiger partial charge is 0.169 e. The van der Waals surface area contributed by atoms with Gasteiger partial charge in [-0.05, 0) is 51.9 Å². The van der Waals surface area contributed by atoms with Crippen molar-refractivity contribution in [2.75, 3.05) is 0 Å². The fourth-order valence-corrected chi connectivity index (χ4v) is 2.68. The molecule has 0 saturated heterocycles. The quantitative estimate of drug-likeness (QED) is 0.750. The molecule has 1 aliphatic rings. The number of fused-ring (bicyclic) bond motifs is 1. The van der Waals surface area contributed by atoms with Gasteiger partial charge in [-0.3, -0.25) is 4.79 Å². The Hall–Kier alpha value is -0.890. The molecule has 2 rings (SSSR count). The van der Waals surface area contributed by atoms with Crippen LogP contribution in [0.4, 0.5) is 0 Å². The van der Waals surface area contributed by atoms with Crippen LogP contribution in [0.15, 0.2) is 28.7 Å². The average Bonchev–Trinajstić information content (AvgIpc) is 2.29. The van der Waals surface area contributed by atoms with E-state index in [9.17, 15) is 4.79 Å². The Labute approximate surface area is 105 Å². The molecule has 1 unspecified atom stereocenters. The molecule has 1 aromatic rings. The first kappa shape index (κ1) is 11.6. The Kier molecular flexibility index (Phi) is 3.59. The van der Waals surface area contributed by atoms with Crippen molar-refractivity contribution in [1.82, 2.24) is 0 Å². The van der Waals surface area contributed by atoms with Crippen LogP contribution in [-0.2, 0) is 4.79 Å². The van der Waals surface area contributed by atoms with Gasteiger partial charge in [0.05, 0.1) is 4.48 Å². The van der Waals surface area contributed by atoms with Crippen molar-refractivity contribution < 1.29 is 4.79 Å². The Balaban J connectivity index is 2.51. The Morgan fingerprint density at radius 3 is 2.88 bits per heavy atom. The Bertz CT molecular complexity index is 434. The SMILES string of the molecule is CCC1CCC(=O)C(Br)=Cc2ccccc21. The van der Waals surface area contributed by atoms with E-state index in [4.69, 9.17) is 0 Å². The summed E-state index contributed by atoms with van der Waals surface area (Å²) >= 11 is 3.36. The predicted octanol–water partition coefficient (Wildman–Crippen LogP) is 4.28. The molecule has 0 fully saturated rings. The summed E-state index contributed by atoms with van der Waals surface area (Å²) in [5, 5.41) is 0. The van der Waals surface area contributed by atoms with Gasteiger partial charge < -0.3 is 0 Å². The fourth-order valence-electron chi connectivity index (χ4n) is 2.24. The molecule has 0 bridgehead atoms. The van der Waals surface area contributed by atoms with Gasteiger partial charge in [0.25, 0.3) is 0 Å². The van der Waals surface area contributed by atoms with Crippen molar-refractivity contribution in [3.05, 3.63) is 39.9 Å². The van der Waals surface area contributed by atoms with Crippen molar-refractivity contribution in [3.8, 4) is 0 Å². The number of Topliss-reactive ketones (excluding diaryl/α,β-unsaturated/α-hetero) is 1. The van der Waals surface area contributed by atoms with Crippen LogP contribution in [0.3, 0.4) is 0 Å². The molecule has 0 heterocycles. The van der Waals surface area contributed by atoms with Crippen LogP contribution in [0.25, 0.3) is 6.08 Å². The van der Waals surface area contributed by atoms with Crippen molar-refractivity contribution in [1.29, 1.82) is 0 Å². The standard InChI is InChI=1S/C14H15BrO/c1-2-10-7-8-14(16)13(15)9-11-5-3-4-6-12(10)11/h3-6,9-10H,2,7-8H2,1H3. The summed E-state index contributed by atoms with van der Waals surface area (Å²) in [5.41, 5.74) is 2.55. The number of rotatable bonds is 1. The van der Waals surface area contributed by atoms with Crippen LogP contribution in [0.1, 0.15) is 43.2 Å². The van der Waals surface area contributed by atoms with E-state index < -0.39 is 0 Å². The predicted molar refractivity (Wildman–Crippen MR) is 70.6 cm³/mol. The topological polar surface area (TPSA) is 17.1 Å². The fraction of sp³-hybridized carbons (Fsp3) is 0.357. The molecule has 1 nitrogen and oxygen atoms in total. The van der Waals surface area contributed by atoms with Crippen molar-refractivity contribution in [2.45, 2.75) is 32.1 Å². The second-order valence-corrected chi connectivity index (χ2v) is 5.04. The Morgan fingerprint density at radius 1 is 1.38 bits per heavy atom. The minimum Gasteiger partial charge on any atom is -0.294 e. The van der Waals surface area contributed by atoms with Gasteiger partial charge >= 0.3 is 0 Å². The maximum atomic E-state index is 11.7. The molecule has 1 aromatic carbocycles. The highest BCUT2D eigenvalue weighted by Gasteiger charge is 2.18. The van der Waals surface area contributed by atoms with E-state index in [2.05, 4.69) is 41.1 Å². The van der Waals surface area contributed by atoms with E-state index in [0.29, 0.717) is 16.8 Å². The van der Waals surface area contributed by atoms with Crippen molar-refractivity contribution >= 4 is 27.8 Å². The van der Waals surface area contributed by atoms with Crippen LogP contribution in [0.2, 0.25) is 0 Å². The summed E-state index contributed by atoms with van der Waals surface area (Å²) in [4.78, 5) is 11.7. The summed E-state index contributed by atoms with van der Waals surface area (Å²) in [6.07, 6.45) is 4.65. The molecular weight excluding hydrogens is 264 g/mol. The monoisotopic (exact) mass is 278 g/mol. The van der Waals surface area contributed by atoms with Crippen LogP contribution in [0.5, 0.6) is 0 Å². The number of halogens is 1. The molecule has 0 spiro atoms. The number of carbonyl (C=O) groups excluding carboxylic acids is 1. The number of benzene rings is 1. The summed E-state index contributed by atoms with van der Waals surface area (Å²) in [6.45, 7) is 2.19. The van der Waals surface area contributed by atoms with Crippen molar-refractivity contribution in [2.24, 2.45) is 0 Å². The van der Waals surface area contributed by atoms with Gasteiger partial charge in [-0.2, -0.15) is 0 Å². The van der Waals surface area contributed by atoms with E-state index >= 15 is 0 Å². The largest absolute Gasteiger partial charge is 0.294 e. The lowest BCUT2D eigenvalue weighted by molar-refractivity contribution is -0.115. The maximum Gasteiger partial charge on any atom is 0.169 e. The summed E-state index contributed by atoms with van der Waals surface area (Å²) < 4.78 is 0.703. The lowest BCUT2D eigenvalue weighted by Crippen LogP contribution is -2.08. The maximum absolute atomic E-state index is 11.7. The van der Waals surface area contributed by atoms with E-state index in [1.54, 1.807) is 0 Å². The minimum absolute atomic E-state index is 0.216. The zero-order chi connectivity index (χ0) is 11.5. The van der Waals surface area contributed by atoms with Gasteiger partial charge in [0.1, 0.15) is 0 Å². The summed E-state index contributed by atoms with van der Waals surface area (Å²) in [6, 6.07) is 8.36. The first-order valence-electron chi connectivity index (χ1n) is 5.71. The molecule has 0 radical (unpaired) electrons. The number of hydrogen-bond donors (Lipinski definition) is 0. The van der Waals surface area contributed by atoms with Gasteiger partial charge in [-0.15, -0.1) is 0 Å². The van der Waals surface area contributed by atoms with Gasteiger partial charge in [0, 0.05) is 6.42 Å². The summed E-state index contributed by atoms with van der Waals surface area (Å²) in [7, 11) is 0. The summed E-state index contributed by atoms with van der Waals surface area (Å²) in [5.74, 6) is 0.727. The lowest BCUT2D eigenvalue weighted by atomic mass is 9.86. The van der Waals surface area contributed by atoms with Gasteiger partial charge in [0.2, 0.25) is 0 Å². The highest BCUT2D eigenvalue weighted by Crippen LogP contribution is 2.32. The average molecular weight is 279 g/mol. The molecule has 0 aliphatic heterocycles. The molecule has 0 saturated carbocycles. The van der Waals surface area contributed by atoms with Crippen molar-refractivity contribution in [3.63, 3.8) is 0 Å². The normalized spacial score (nSPS) is 20.8. The number of hydrogen-bond acceptors (Lipinski definition) is 1. The van der Waals surface area contributed by atoms with Crippen LogP contribution < -0.4 is 0 Å². The molecule has 1 atom stereocenters. The number of ketones is 1. The van der Waals surface area contributed by atoms with E-state index in [1.807, 2.05) is 12.1 Å². The van der Waals surface area contributed by atoms with E-state index in [-0.39, 0.29) is 5.78 Å². The van der Waals surface area contributed by atoms with Gasteiger partial charge in [-0.25, -0.2) is 0 Å². The lowest BCUT2D eigenvalue weighted by Gasteiger charge is -2.19. The third-order valence-corrected chi connectivity index (χ3v) is 3.87. The molecule has 1 aliphatic carbocycles. The Morgan fingerprint density at radius 2 is 2.12 bits per heavy atom. The van der Waals surface area contributed by atoms with E-state index in [0.717, 1.165) is 12.8 Å². The first-order chi connectivity index (χ1) is 7.72. The molecular formula is C14H15BrO. The highest BCUT2D eigenvalue weighted by atomic mass is 79.9. The third-order valence-electron chi connectivity index (χ3n) is 3.20. The molecule has 0 N–H and O–H groups in total. The number of carbonyl (C=O) groups is 1. The first-order valence-corrected chi connectivity index (χ1v) is 6.51. The number of allylic oxidation sites excluding steroid dienone is 1. The molecule has 84 valence electrons. The molecule has 0 aromatic heterocycles. The minimum atomic E-state index is 0.216. The second kappa shape index (κ2) is 4.96. The highest BCUT2D eigenvalue weighted by molar-refractivity contribution is 9.12. The van der Waals surface area contributed by atoms with E-state index in [1.165, 1.54) is 11.1 Å². The molecule has 16 heavy (non-hydrogen) atoms. The van der Waals surface area contributed by atoms with Crippen LogP contribution in [0, 0.1) is 0 Å². The molecule has 2 heteroatoms. The van der Waals surface area contributed by atoms with Gasteiger partial charge in [0.15, 0.2) is 5.78 Å². The zero-order valence-corrected chi connectivity index (χ0v) is 11.0. The van der Waals surface area contributed by atoms with Crippen LogP contribution in [-0.4, -0.2) is 5.78 Å². The molecule has 0 amide bonds.